The molecule has 2 aliphatic rings. The quantitative estimate of drug-likeness (QED) is 0.0467. The Morgan fingerprint density at radius 1 is 1.29 bits per heavy atom. The van der Waals surface area contributed by atoms with Crippen molar-refractivity contribution in [3.8, 4) is 0 Å². The number of anilines is 3. The molecule has 2 aliphatic heterocycles. The number of β-lactam (4-membered cyclic amide) rings is 1. The summed E-state index contributed by atoms with van der Waals surface area (Å²) in [5.74, 6) is -2.70. The van der Waals surface area contributed by atoms with E-state index in [9.17, 15) is 29.4 Å². The van der Waals surface area contributed by atoms with Crippen LogP contribution in [0.2, 0.25) is 0 Å². The molecular weight excluding hydrogens is 598 g/mol. The SMILES string of the molecule is CC(C)(O/N=C(\C(=O)NC[n+]1c(N)cc(N)nc1SCC1=C(C(=O)O)N2C(=O)CC2SC1)c1csc(N)n1)C(=O)O. The van der Waals surface area contributed by atoms with E-state index < -0.39 is 23.4 Å². The van der Waals surface area contributed by atoms with Crippen LogP contribution in [0, 0.1) is 0 Å². The molecule has 1 saturated heterocycles. The van der Waals surface area contributed by atoms with E-state index in [1.807, 2.05) is 0 Å². The summed E-state index contributed by atoms with van der Waals surface area (Å²) in [5, 5.41) is 27.1. The maximum Gasteiger partial charge on any atom is 0.352 e. The number of aliphatic carboxylic acids is 2. The predicted molar refractivity (Wildman–Crippen MR) is 150 cm³/mol. The molecule has 4 rings (SSSR count). The Bertz CT molecular complexity index is 1490. The van der Waals surface area contributed by atoms with Gasteiger partial charge in [-0.05, 0) is 31.2 Å². The molecule has 9 N–H and O–H groups in total. The number of carboxylic acids is 2. The number of thiazole rings is 1. The predicted octanol–water partition coefficient (Wildman–Crippen LogP) is -0.334. The smallest absolute Gasteiger partial charge is 0.352 e. The number of rotatable bonds is 11. The lowest BCUT2D eigenvalue weighted by atomic mass is 10.1. The Labute approximate surface area is 245 Å². The minimum absolute atomic E-state index is 0.0399. The van der Waals surface area contributed by atoms with E-state index >= 15 is 0 Å². The van der Waals surface area contributed by atoms with Crippen molar-refractivity contribution >= 4 is 81.1 Å². The second-order valence-corrected chi connectivity index (χ2v) is 12.2. The van der Waals surface area contributed by atoms with Gasteiger partial charge in [-0.15, -0.1) is 23.1 Å². The van der Waals surface area contributed by atoms with Crippen molar-refractivity contribution in [2.45, 2.75) is 43.1 Å². The molecule has 0 spiro atoms. The lowest BCUT2D eigenvalue weighted by Gasteiger charge is -2.43. The van der Waals surface area contributed by atoms with Crippen LogP contribution in [0.4, 0.5) is 16.8 Å². The fourth-order valence-corrected chi connectivity index (χ4v) is 6.57. The standard InChI is InChI=1S/C22H25N9O7S3/c1-22(2,19(36)37)38-29-15(10-7-40-20(25)27-10)17(33)26-8-30-12(24)3-11(23)28-21(30)41-6-9-5-39-14-4-13(32)31(14)16(9)18(34)35/h3,7,14H,4-6,8H2,1-2H3,(H8,23,24,25,26,27,33,34,35,36,37)/p+1/b29-15-. The van der Waals surface area contributed by atoms with Crippen LogP contribution in [-0.4, -0.2) is 77.0 Å². The monoisotopic (exact) mass is 624 g/mol. The van der Waals surface area contributed by atoms with Crippen LogP contribution in [0.1, 0.15) is 26.0 Å². The lowest BCUT2D eigenvalue weighted by Crippen LogP contribution is -2.54. The summed E-state index contributed by atoms with van der Waals surface area (Å²) in [6.07, 6.45) is 0.298. The first-order valence-electron chi connectivity index (χ1n) is 11.7. The van der Waals surface area contributed by atoms with Gasteiger partial charge in [0.1, 0.15) is 18.1 Å². The highest BCUT2D eigenvalue weighted by molar-refractivity contribution is 8.00. The van der Waals surface area contributed by atoms with Gasteiger partial charge in [0.05, 0.1) is 17.9 Å². The zero-order valence-corrected chi connectivity index (χ0v) is 24.1. The summed E-state index contributed by atoms with van der Waals surface area (Å²) in [4.78, 5) is 63.3. The van der Waals surface area contributed by atoms with Gasteiger partial charge in [0.25, 0.3) is 5.91 Å². The van der Waals surface area contributed by atoms with Crippen molar-refractivity contribution in [1.82, 2.24) is 20.2 Å². The largest absolute Gasteiger partial charge is 0.478 e. The van der Waals surface area contributed by atoms with Gasteiger partial charge in [-0.25, -0.2) is 19.1 Å². The van der Waals surface area contributed by atoms with Gasteiger partial charge >= 0.3 is 17.1 Å². The molecule has 1 unspecified atom stereocenters. The van der Waals surface area contributed by atoms with Crippen molar-refractivity contribution in [1.29, 1.82) is 0 Å². The molecule has 1 fully saturated rings. The molecule has 19 heteroatoms. The first kappa shape index (κ1) is 29.9. The molecule has 0 radical (unpaired) electrons. The van der Waals surface area contributed by atoms with Crippen LogP contribution in [0.15, 0.2) is 33.0 Å². The van der Waals surface area contributed by atoms with E-state index in [2.05, 4.69) is 20.4 Å². The second-order valence-electron chi connectivity index (χ2n) is 9.18. The number of hydrogen-bond acceptors (Lipinski definition) is 14. The maximum atomic E-state index is 13.2. The molecule has 2 aromatic rings. The molecule has 0 bridgehead atoms. The minimum Gasteiger partial charge on any atom is -0.478 e. The van der Waals surface area contributed by atoms with Crippen LogP contribution in [0.25, 0.3) is 0 Å². The third kappa shape index (κ3) is 6.46. The second kappa shape index (κ2) is 11.8. The number of carboxylic acid groups (broad SMARTS) is 2. The molecule has 2 aromatic heterocycles. The van der Waals surface area contributed by atoms with E-state index in [-0.39, 0.29) is 62.7 Å². The molecular formula is C22H26N9O7S3+. The van der Waals surface area contributed by atoms with Crippen molar-refractivity contribution < 1.29 is 38.8 Å². The van der Waals surface area contributed by atoms with Gasteiger partial charge in [0.15, 0.2) is 10.8 Å². The first-order valence-corrected chi connectivity index (χ1v) is 14.7. The van der Waals surface area contributed by atoms with Crippen LogP contribution in [0.3, 0.4) is 0 Å². The highest BCUT2D eigenvalue weighted by atomic mass is 32.2. The number of thioether (sulfide) groups is 2. The number of oxime groups is 1. The Morgan fingerprint density at radius 3 is 2.63 bits per heavy atom. The molecule has 0 saturated carbocycles. The highest BCUT2D eigenvalue weighted by Crippen LogP contribution is 2.41. The zero-order valence-electron chi connectivity index (χ0n) is 21.7. The molecule has 2 amide bonds. The van der Waals surface area contributed by atoms with Crippen LogP contribution >= 0.6 is 34.9 Å². The van der Waals surface area contributed by atoms with E-state index in [1.54, 1.807) is 0 Å². The average molecular weight is 625 g/mol. The first-order chi connectivity index (χ1) is 19.3. The van der Waals surface area contributed by atoms with Gasteiger partial charge < -0.3 is 37.6 Å². The number of fused-ring (bicyclic) bond motifs is 1. The molecule has 41 heavy (non-hydrogen) atoms. The number of nitrogens with two attached hydrogens (primary N) is 3. The molecule has 0 aromatic carbocycles. The van der Waals surface area contributed by atoms with Gasteiger partial charge in [-0.3, -0.25) is 14.5 Å². The number of nitrogens with zero attached hydrogens (tertiary/aromatic N) is 5. The fraction of sp³-hybridized carbons (Fsp3) is 0.364. The molecule has 0 aliphatic carbocycles. The van der Waals surface area contributed by atoms with Gasteiger partial charge in [0.2, 0.25) is 23.1 Å². The van der Waals surface area contributed by atoms with E-state index in [1.165, 1.54) is 46.5 Å². The summed E-state index contributed by atoms with van der Waals surface area (Å²) in [7, 11) is 0. The Morgan fingerprint density at radius 2 is 2.02 bits per heavy atom. The number of amides is 2. The van der Waals surface area contributed by atoms with Crippen molar-refractivity contribution in [3.63, 3.8) is 0 Å². The molecule has 4 heterocycles. The summed E-state index contributed by atoms with van der Waals surface area (Å²) < 4.78 is 1.43. The van der Waals surface area contributed by atoms with Crippen LogP contribution in [0.5, 0.6) is 0 Å². The third-order valence-corrected chi connectivity index (χ3v) is 8.84. The molecule has 16 nitrogen and oxygen atoms in total. The third-order valence-electron chi connectivity index (χ3n) is 5.83. The average Bonchev–Trinajstić information content (AvgIpc) is 3.31. The van der Waals surface area contributed by atoms with E-state index in [0.29, 0.717) is 17.7 Å². The number of nitrogens with one attached hydrogen (secondary N) is 1. The number of hydrogen-bond donors (Lipinski definition) is 6. The summed E-state index contributed by atoms with van der Waals surface area (Å²) >= 11 is 3.65. The topological polar surface area (TPSA) is 253 Å². The van der Waals surface area contributed by atoms with Gasteiger partial charge in [-0.1, -0.05) is 10.1 Å². The molecule has 218 valence electrons. The van der Waals surface area contributed by atoms with Crippen molar-refractivity contribution in [2.24, 2.45) is 5.16 Å². The fourth-order valence-electron chi connectivity index (χ4n) is 3.59. The van der Waals surface area contributed by atoms with E-state index in [4.69, 9.17) is 22.0 Å². The van der Waals surface area contributed by atoms with Gasteiger partial charge in [0, 0.05) is 16.9 Å². The number of aromatic nitrogens is 3. The van der Waals surface area contributed by atoms with Crippen molar-refractivity contribution in [3.05, 3.63) is 28.4 Å². The minimum atomic E-state index is -1.74. The number of carbonyl (C=O) groups excluding carboxylic acids is 2. The molecule has 1 atom stereocenters. The normalized spacial score (nSPS) is 17.1. The number of nitrogen functional groups attached to an aromatic ring is 3. The zero-order chi connectivity index (χ0) is 30.1. The van der Waals surface area contributed by atoms with Crippen LogP contribution in [-0.2, 0) is 30.7 Å². The van der Waals surface area contributed by atoms with Gasteiger partial charge in [-0.2, -0.15) is 0 Å². The summed E-state index contributed by atoms with van der Waals surface area (Å²) in [6.45, 7) is 2.30. The number of carbonyl (C=O) groups is 4. The Kier molecular flexibility index (Phi) is 8.59. The lowest BCUT2D eigenvalue weighted by molar-refractivity contribution is -0.725. The van der Waals surface area contributed by atoms with E-state index in [0.717, 1.165) is 23.1 Å². The maximum absolute atomic E-state index is 13.2. The highest BCUT2D eigenvalue weighted by Gasteiger charge is 2.45. The van der Waals surface area contributed by atoms with Crippen LogP contribution < -0.4 is 27.1 Å². The Balaban J connectivity index is 1.56. The Hall–Kier alpha value is -4.10. The summed E-state index contributed by atoms with van der Waals surface area (Å²) in [5.41, 5.74) is 16.3. The van der Waals surface area contributed by atoms with Crippen molar-refractivity contribution in [2.75, 3.05) is 28.7 Å². The summed E-state index contributed by atoms with van der Waals surface area (Å²) in [6, 6.07) is 1.38.